The van der Waals surface area contributed by atoms with E-state index in [1.165, 1.54) is 6.92 Å². The van der Waals surface area contributed by atoms with Crippen molar-refractivity contribution in [1.82, 2.24) is 5.06 Å². The van der Waals surface area contributed by atoms with Gasteiger partial charge < -0.3 is 9.57 Å². The first kappa shape index (κ1) is 19.4. The van der Waals surface area contributed by atoms with Gasteiger partial charge in [-0.1, -0.05) is 6.07 Å². The van der Waals surface area contributed by atoms with E-state index in [1.54, 1.807) is 0 Å². The normalized spacial score (nSPS) is 21.8. The largest absolute Gasteiger partial charge is 0.492 e. The maximum absolute atomic E-state index is 13.6. The van der Waals surface area contributed by atoms with Crippen LogP contribution in [0.5, 0.6) is 0 Å². The van der Waals surface area contributed by atoms with Gasteiger partial charge in [0.25, 0.3) is 0 Å². The van der Waals surface area contributed by atoms with E-state index in [4.69, 9.17) is 4.74 Å². The number of hydrogen-bond donors (Lipinski definition) is 0. The smallest absolute Gasteiger partial charge is 0.370 e. The van der Waals surface area contributed by atoms with Gasteiger partial charge in [-0.25, -0.2) is 9.18 Å². The standard InChI is InChI=1S/C14H12F7NO3/c1-7-11(5-22(7)25-12(23)14(19,20)21)24-6-8-2-3-9(4-10(8)15)13(16,17)18/h2-4,7,11H,5-6H2,1H3. The van der Waals surface area contributed by atoms with Crippen LogP contribution in [0.2, 0.25) is 0 Å². The van der Waals surface area contributed by atoms with Gasteiger partial charge in [-0.05, 0) is 19.1 Å². The Morgan fingerprint density at radius 1 is 1.24 bits per heavy atom. The first-order chi connectivity index (χ1) is 11.4. The number of halogens is 7. The second-order valence-electron chi connectivity index (χ2n) is 5.37. The highest BCUT2D eigenvalue weighted by atomic mass is 19.4. The molecule has 0 amide bonds. The van der Waals surface area contributed by atoms with Crippen molar-refractivity contribution in [3.05, 3.63) is 35.1 Å². The lowest BCUT2D eigenvalue weighted by atomic mass is 10.0. The van der Waals surface area contributed by atoms with E-state index in [1.807, 2.05) is 0 Å². The zero-order chi connectivity index (χ0) is 19.0. The Bertz CT molecular complexity index is 644. The maximum Gasteiger partial charge on any atom is 0.492 e. The third kappa shape index (κ3) is 4.60. The number of hydroxylamine groups is 2. The summed E-state index contributed by atoms with van der Waals surface area (Å²) in [6, 6.07) is 1.23. The molecule has 0 N–H and O–H groups in total. The fraction of sp³-hybridized carbons (Fsp3) is 0.500. The molecule has 1 saturated heterocycles. The fourth-order valence-electron chi connectivity index (χ4n) is 2.05. The minimum absolute atomic E-state index is 0.133. The van der Waals surface area contributed by atoms with Gasteiger partial charge in [-0.15, -0.1) is 5.06 Å². The molecule has 1 fully saturated rings. The molecule has 0 aliphatic carbocycles. The SMILES string of the molecule is CC1C(OCc2ccc(C(F)(F)F)cc2F)CN1OC(=O)C(F)(F)F. The first-order valence-corrected chi connectivity index (χ1v) is 6.92. The molecule has 0 aromatic heterocycles. The van der Waals surface area contributed by atoms with Crippen LogP contribution in [0.15, 0.2) is 18.2 Å². The third-order valence-corrected chi connectivity index (χ3v) is 3.62. The molecule has 1 aromatic carbocycles. The number of nitrogens with zero attached hydrogens (tertiary/aromatic N) is 1. The summed E-state index contributed by atoms with van der Waals surface area (Å²) < 4.78 is 92.4. The summed E-state index contributed by atoms with van der Waals surface area (Å²) in [5.74, 6) is -3.48. The average Bonchev–Trinajstić information content (AvgIpc) is 2.48. The number of carbonyl (C=O) groups excluding carboxylic acids is 1. The van der Waals surface area contributed by atoms with Crippen molar-refractivity contribution in [3.63, 3.8) is 0 Å². The van der Waals surface area contributed by atoms with Crippen LogP contribution in [-0.2, 0) is 27.2 Å². The summed E-state index contributed by atoms with van der Waals surface area (Å²) in [6.07, 6.45) is -10.5. The van der Waals surface area contributed by atoms with Gasteiger partial charge in [0, 0.05) is 5.56 Å². The molecule has 0 spiro atoms. The Balaban J connectivity index is 1.87. The molecule has 2 atom stereocenters. The van der Waals surface area contributed by atoms with Crippen molar-refractivity contribution < 1.29 is 45.1 Å². The highest BCUT2D eigenvalue weighted by Gasteiger charge is 2.47. The number of hydrogen-bond acceptors (Lipinski definition) is 4. The Morgan fingerprint density at radius 3 is 2.36 bits per heavy atom. The Kier molecular flexibility index (Phi) is 5.28. The topological polar surface area (TPSA) is 38.8 Å². The van der Waals surface area contributed by atoms with E-state index in [0.29, 0.717) is 12.1 Å². The molecule has 2 rings (SSSR count). The molecule has 0 saturated carbocycles. The van der Waals surface area contributed by atoms with Crippen molar-refractivity contribution >= 4 is 5.97 Å². The van der Waals surface area contributed by atoms with Gasteiger partial charge in [-0.3, -0.25) is 0 Å². The summed E-state index contributed by atoms with van der Waals surface area (Å²) in [7, 11) is 0. The predicted octanol–water partition coefficient (Wildman–Crippen LogP) is 3.45. The summed E-state index contributed by atoms with van der Waals surface area (Å²) in [5, 5.41) is 0.754. The Hall–Kier alpha value is -1.88. The monoisotopic (exact) mass is 375 g/mol. The second-order valence-corrected chi connectivity index (χ2v) is 5.37. The molecule has 1 aliphatic heterocycles. The number of ether oxygens (including phenoxy) is 1. The number of alkyl halides is 6. The molecular formula is C14H12F7NO3. The van der Waals surface area contributed by atoms with E-state index in [-0.39, 0.29) is 18.7 Å². The predicted molar refractivity (Wildman–Crippen MR) is 68.3 cm³/mol. The van der Waals surface area contributed by atoms with Crippen molar-refractivity contribution in [2.75, 3.05) is 6.54 Å². The fourth-order valence-corrected chi connectivity index (χ4v) is 2.05. The molecule has 2 unspecified atom stereocenters. The van der Waals surface area contributed by atoms with E-state index in [0.717, 1.165) is 11.1 Å². The quantitative estimate of drug-likeness (QED) is 0.756. The van der Waals surface area contributed by atoms with Crippen LogP contribution in [0.3, 0.4) is 0 Å². The molecule has 140 valence electrons. The van der Waals surface area contributed by atoms with Crippen molar-refractivity contribution in [2.24, 2.45) is 0 Å². The molecular weight excluding hydrogens is 363 g/mol. The second kappa shape index (κ2) is 6.79. The average molecular weight is 375 g/mol. The van der Waals surface area contributed by atoms with E-state index in [2.05, 4.69) is 4.84 Å². The van der Waals surface area contributed by atoms with Crippen LogP contribution in [0.25, 0.3) is 0 Å². The van der Waals surface area contributed by atoms with Crippen LogP contribution in [-0.4, -0.2) is 35.9 Å². The summed E-state index contributed by atoms with van der Waals surface area (Å²) in [6.45, 7) is 0.867. The molecule has 4 nitrogen and oxygen atoms in total. The Labute approximate surface area is 137 Å². The number of benzene rings is 1. The zero-order valence-electron chi connectivity index (χ0n) is 12.6. The van der Waals surface area contributed by atoms with Gasteiger partial charge in [-0.2, -0.15) is 26.3 Å². The lowest BCUT2D eigenvalue weighted by Crippen LogP contribution is -2.60. The number of carbonyl (C=O) groups is 1. The molecule has 1 aromatic rings. The van der Waals surface area contributed by atoms with Crippen molar-refractivity contribution in [1.29, 1.82) is 0 Å². The Morgan fingerprint density at radius 2 is 1.88 bits per heavy atom. The third-order valence-electron chi connectivity index (χ3n) is 3.62. The van der Waals surface area contributed by atoms with Gasteiger partial charge in [0.1, 0.15) is 5.82 Å². The van der Waals surface area contributed by atoms with E-state index in [9.17, 15) is 35.5 Å². The molecule has 1 heterocycles. The van der Waals surface area contributed by atoms with Crippen LogP contribution in [0.1, 0.15) is 18.1 Å². The lowest BCUT2D eigenvalue weighted by molar-refractivity contribution is -0.289. The van der Waals surface area contributed by atoms with Crippen molar-refractivity contribution in [2.45, 2.75) is 38.0 Å². The van der Waals surface area contributed by atoms with Gasteiger partial charge in [0.2, 0.25) is 0 Å². The molecule has 0 bridgehead atoms. The first-order valence-electron chi connectivity index (χ1n) is 6.92. The maximum atomic E-state index is 13.6. The zero-order valence-corrected chi connectivity index (χ0v) is 12.6. The van der Waals surface area contributed by atoms with Gasteiger partial charge >= 0.3 is 18.3 Å². The minimum atomic E-state index is -5.13. The van der Waals surface area contributed by atoms with Crippen LogP contribution in [0.4, 0.5) is 30.7 Å². The summed E-state index contributed by atoms with van der Waals surface area (Å²) in [5.41, 5.74) is -1.28. The highest BCUT2D eigenvalue weighted by molar-refractivity contribution is 5.75. The lowest BCUT2D eigenvalue weighted by Gasteiger charge is -2.43. The summed E-state index contributed by atoms with van der Waals surface area (Å²) in [4.78, 5) is 14.8. The van der Waals surface area contributed by atoms with Gasteiger partial charge in [0.05, 0.1) is 30.9 Å². The molecule has 0 radical (unpaired) electrons. The van der Waals surface area contributed by atoms with E-state index >= 15 is 0 Å². The minimum Gasteiger partial charge on any atom is -0.370 e. The molecule has 25 heavy (non-hydrogen) atoms. The summed E-state index contributed by atoms with van der Waals surface area (Å²) >= 11 is 0. The molecule has 11 heteroatoms. The number of rotatable bonds is 4. The van der Waals surface area contributed by atoms with Gasteiger partial charge in [0.15, 0.2) is 0 Å². The highest BCUT2D eigenvalue weighted by Crippen LogP contribution is 2.31. The van der Waals surface area contributed by atoms with E-state index < -0.39 is 41.8 Å². The molecule has 1 aliphatic rings. The van der Waals surface area contributed by atoms with Crippen LogP contribution >= 0.6 is 0 Å². The van der Waals surface area contributed by atoms with Crippen LogP contribution < -0.4 is 0 Å². The van der Waals surface area contributed by atoms with Crippen LogP contribution in [0, 0.1) is 5.82 Å². The van der Waals surface area contributed by atoms with Crippen molar-refractivity contribution in [3.8, 4) is 0 Å².